The van der Waals surface area contributed by atoms with E-state index < -0.39 is 29.5 Å². The number of rotatable bonds is 6. The number of aryl methyl sites for hydroxylation is 1. The van der Waals surface area contributed by atoms with E-state index in [4.69, 9.17) is 9.15 Å². The smallest absolute Gasteiger partial charge is 0.337 e. The minimum absolute atomic E-state index is 0.0367. The van der Waals surface area contributed by atoms with Gasteiger partial charge in [-0.25, -0.2) is 4.79 Å². The van der Waals surface area contributed by atoms with Gasteiger partial charge in [-0.3, -0.25) is 9.59 Å². The van der Waals surface area contributed by atoms with E-state index in [-0.39, 0.29) is 17.9 Å². The van der Waals surface area contributed by atoms with Crippen molar-refractivity contribution in [3.8, 4) is 0 Å². The molecule has 1 aliphatic heterocycles. The molecule has 1 atom stereocenters. The highest BCUT2D eigenvalue weighted by Crippen LogP contribution is 2.40. The summed E-state index contributed by atoms with van der Waals surface area (Å²) in [5.41, 5.74) is 1.68. The number of methoxy groups -OCH3 is 1. The Hall–Kier alpha value is -4.13. The van der Waals surface area contributed by atoms with Crippen LogP contribution < -0.4 is 0 Å². The minimum Gasteiger partial charge on any atom is -0.503 e. The van der Waals surface area contributed by atoms with E-state index in [0.717, 1.165) is 5.56 Å². The highest BCUT2D eigenvalue weighted by atomic mass is 16.5. The number of Topliss-reactive ketones (excluding diaryl/α,β-unsaturated/α-hetero) is 1. The Kier molecular flexibility index (Phi) is 5.64. The lowest BCUT2D eigenvalue weighted by molar-refractivity contribution is -0.130. The van der Waals surface area contributed by atoms with Crippen molar-refractivity contribution in [2.75, 3.05) is 7.11 Å². The Balaban J connectivity index is 1.78. The zero-order chi connectivity index (χ0) is 22.8. The average Bonchev–Trinajstić information content (AvgIpc) is 3.36. The molecule has 7 nitrogen and oxygen atoms in total. The zero-order valence-electron chi connectivity index (χ0n) is 17.6. The Morgan fingerprint density at radius 3 is 2.31 bits per heavy atom. The first kappa shape index (κ1) is 21.1. The number of amides is 1. The molecule has 2 heterocycles. The fraction of sp³-hybridized carbons (Fsp3) is 0.160. The molecule has 0 fully saturated rings. The summed E-state index contributed by atoms with van der Waals surface area (Å²) in [7, 11) is 1.29. The standard InChI is InChI=1S/C25H21NO6/c1-15-8-13-19(32-15)22(27)20-21(17-9-11-18(12-10-17)25(30)31-2)26(24(29)23(20)28)14-16-6-4-3-5-7-16/h3-13,21,28H,14H2,1-2H3. The third-order valence-electron chi connectivity index (χ3n) is 5.36. The van der Waals surface area contributed by atoms with Crippen molar-refractivity contribution in [2.45, 2.75) is 19.5 Å². The second-order valence-corrected chi connectivity index (χ2v) is 7.44. The topological polar surface area (TPSA) is 97.0 Å². The monoisotopic (exact) mass is 431 g/mol. The number of hydrogen-bond acceptors (Lipinski definition) is 6. The highest BCUT2D eigenvalue weighted by Gasteiger charge is 2.44. The lowest BCUT2D eigenvalue weighted by Gasteiger charge is -2.27. The van der Waals surface area contributed by atoms with E-state index >= 15 is 0 Å². The molecule has 0 aliphatic carbocycles. The summed E-state index contributed by atoms with van der Waals surface area (Å²) in [5.74, 6) is -1.75. The SMILES string of the molecule is COC(=O)c1ccc(C2C(C(=O)c3ccc(C)o3)=C(O)C(=O)N2Cc2ccccc2)cc1. The van der Waals surface area contributed by atoms with Gasteiger partial charge in [-0.2, -0.15) is 0 Å². The molecular weight excluding hydrogens is 410 g/mol. The van der Waals surface area contributed by atoms with Crippen LogP contribution in [-0.4, -0.2) is 34.8 Å². The molecule has 0 spiro atoms. The minimum atomic E-state index is -0.854. The van der Waals surface area contributed by atoms with Gasteiger partial charge in [0.1, 0.15) is 5.76 Å². The summed E-state index contributed by atoms with van der Waals surface area (Å²) in [6.45, 7) is 1.89. The Bertz CT molecular complexity index is 1210. The van der Waals surface area contributed by atoms with Gasteiger partial charge in [0.05, 0.1) is 24.3 Å². The van der Waals surface area contributed by atoms with Crippen molar-refractivity contribution in [3.05, 3.63) is 106 Å². The quantitative estimate of drug-likeness (QED) is 0.465. The molecule has 0 saturated heterocycles. The number of ether oxygens (including phenoxy) is 1. The van der Waals surface area contributed by atoms with E-state index in [0.29, 0.717) is 16.9 Å². The van der Waals surface area contributed by atoms with Crippen LogP contribution in [0.1, 0.15) is 43.8 Å². The molecule has 1 amide bonds. The molecular formula is C25H21NO6. The fourth-order valence-corrected chi connectivity index (χ4v) is 3.78. The molecule has 1 aliphatic rings. The largest absolute Gasteiger partial charge is 0.503 e. The summed E-state index contributed by atoms with van der Waals surface area (Å²) >= 11 is 0. The first-order valence-electron chi connectivity index (χ1n) is 9.98. The molecule has 0 saturated carbocycles. The summed E-state index contributed by atoms with van der Waals surface area (Å²) in [4.78, 5) is 39.5. The predicted molar refractivity (Wildman–Crippen MR) is 115 cm³/mol. The second kappa shape index (κ2) is 8.55. The maximum Gasteiger partial charge on any atom is 0.337 e. The Labute approximate surface area is 184 Å². The van der Waals surface area contributed by atoms with Crippen LogP contribution in [0.5, 0.6) is 0 Å². The molecule has 1 aromatic heterocycles. The van der Waals surface area contributed by atoms with Crippen LogP contribution in [-0.2, 0) is 16.1 Å². The van der Waals surface area contributed by atoms with Gasteiger partial charge in [0, 0.05) is 6.54 Å². The van der Waals surface area contributed by atoms with Crippen LogP contribution in [0.15, 0.2) is 82.5 Å². The number of furan rings is 1. The molecule has 32 heavy (non-hydrogen) atoms. The zero-order valence-corrected chi connectivity index (χ0v) is 17.6. The van der Waals surface area contributed by atoms with Crippen LogP contribution >= 0.6 is 0 Å². The third kappa shape index (κ3) is 3.80. The number of aliphatic hydroxyl groups is 1. The van der Waals surface area contributed by atoms with Gasteiger partial charge in [0.15, 0.2) is 11.5 Å². The third-order valence-corrected chi connectivity index (χ3v) is 5.36. The Morgan fingerprint density at radius 2 is 1.72 bits per heavy atom. The van der Waals surface area contributed by atoms with Crippen molar-refractivity contribution >= 4 is 17.7 Å². The highest BCUT2D eigenvalue weighted by molar-refractivity contribution is 6.15. The molecule has 4 rings (SSSR count). The van der Waals surface area contributed by atoms with Crippen LogP contribution in [0.2, 0.25) is 0 Å². The van der Waals surface area contributed by atoms with Gasteiger partial charge in [0.2, 0.25) is 5.78 Å². The van der Waals surface area contributed by atoms with Crippen LogP contribution in [0.3, 0.4) is 0 Å². The van der Waals surface area contributed by atoms with Gasteiger partial charge in [0.25, 0.3) is 5.91 Å². The molecule has 7 heteroatoms. The predicted octanol–water partition coefficient (Wildman–Crippen LogP) is 4.15. The number of benzene rings is 2. The number of carbonyl (C=O) groups excluding carboxylic acids is 3. The van der Waals surface area contributed by atoms with Gasteiger partial charge >= 0.3 is 5.97 Å². The molecule has 3 aromatic rings. The summed E-state index contributed by atoms with van der Waals surface area (Å²) in [6, 6.07) is 18.0. The van der Waals surface area contributed by atoms with Gasteiger partial charge in [-0.15, -0.1) is 0 Å². The van der Waals surface area contributed by atoms with Crippen molar-refractivity contribution in [1.82, 2.24) is 4.90 Å². The number of esters is 1. The lowest BCUT2D eigenvalue weighted by atomic mass is 9.94. The molecule has 162 valence electrons. The lowest BCUT2D eigenvalue weighted by Crippen LogP contribution is -2.30. The number of nitrogens with zero attached hydrogens (tertiary/aromatic N) is 1. The maximum atomic E-state index is 13.3. The first-order chi connectivity index (χ1) is 15.4. The molecule has 0 radical (unpaired) electrons. The summed E-state index contributed by atoms with van der Waals surface area (Å²) in [6.07, 6.45) is 0. The Morgan fingerprint density at radius 1 is 1.03 bits per heavy atom. The van der Waals surface area contributed by atoms with E-state index in [1.807, 2.05) is 30.3 Å². The second-order valence-electron chi connectivity index (χ2n) is 7.44. The number of ketones is 1. The number of carbonyl (C=O) groups is 3. The molecule has 0 bridgehead atoms. The van der Waals surface area contributed by atoms with E-state index in [1.54, 1.807) is 37.3 Å². The first-order valence-corrected chi connectivity index (χ1v) is 9.98. The molecule has 1 unspecified atom stereocenters. The summed E-state index contributed by atoms with van der Waals surface area (Å²) < 4.78 is 10.2. The van der Waals surface area contributed by atoms with Gasteiger partial charge < -0.3 is 19.2 Å². The van der Waals surface area contributed by atoms with E-state index in [9.17, 15) is 19.5 Å². The molecule has 1 N–H and O–H groups in total. The number of aliphatic hydroxyl groups excluding tert-OH is 1. The van der Waals surface area contributed by atoms with Crippen molar-refractivity contribution in [1.29, 1.82) is 0 Å². The van der Waals surface area contributed by atoms with Crippen LogP contribution in [0.4, 0.5) is 0 Å². The normalized spacial score (nSPS) is 15.9. The van der Waals surface area contributed by atoms with E-state index in [1.165, 1.54) is 18.1 Å². The molecule has 2 aromatic carbocycles. The van der Waals surface area contributed by atoms with Crippen molar-refractivity contribution in [2.24, 2.45) is 0 Å². The number of hydrogen-bond donors (Lipinski definition) is 1. The van der Waals surface area contributed by atoms with Crippen LogP contribution in [0.25, 0.3) is 0 Å². The van der Waals surface area contributed by atoms with Crippen LogP contribution in [0, 0.1) is 6.92 Å². The van der Waals surface area contributed by atoms with E-state index in [2.05, 4.69) is 0 Å². The van der Waals surface area contributed by atoms with Gasteiger partial charge in [-0.05, 0) is 42.3 Å². The fourth-order valence-electron chi connectivity index (χ4n) is 3.78. The van der Waals surface area contributed by atoms with Gasteiger partial charge in [-0.1, -0.05) is 42.5 Å². The van der Waals surface area contributed by atoms with Crippen molar-refractivity contribution < 1.29 is 28.6 Å². The summed E-state index contributed by atoms with van der Waals surface area (Å²) in [5, 5.41) is 10.7. The average molecular weight is 431 g/mol. The van der Waals surface area contributed by atoms with Crippen molar-refractivity contribution in [3.63, 3.8) is 0 Å². The maximum absolute atomic E-state index is 13.3.